The van der Waals surface area contributed by atoms with Crippen molar-refractivity contribution in [1.29, 1.82) is 0 Å². The Bertz CT molecular complexity index is 389. The van der Waals surface area contributed by atoms with E-state index in [0.717, 1.165) is 21.6 Å². The summed E-state index contributed by atoms with van der Waals surface area (Å²) in [5.74, 6) is 0.794. The molecule has 1 aliphatic carbocycles. The molecule has 0 aromatic carbocycles. The average Bonchev–Trinajstić information content (AvgIpc) is 2.29. The molecule has 1 heterocycles. The Morgan fingerprint density at radius 2 is 2.12 bits per heavy atom. The molecule has 1 fully saturated rings. The summed E-state index contributed by atoms with van der Waals surface area (Å²) in [6.45, 7) is 3.05. The minimum atomic E-state index is 0.308. The van der Waals surface area contributed by atoms with E-state index in [1.807, 2.05) is 0 Å². The molecule has 0 radical (unpaired) electrons. The molecular formula is C13H19BrNO2+. The van der Waals surface area contributed by atoms with Crippen LogP contribution in [0.15, 0.2) is 22.9 Å². The third-order valence-electron chi connectivity index (χ3n) is 3.50. The number of halogens is 1. The van der Waals surface area contributed by atoms with E-state index in [1.165, 1.54) is 32.1 Å². The van der Waals surface area contributed by atoms with Crippen molar-refractivity contribution >= 4 is 15.9 Å². The van der Waals surface area contributed by atoms with Crippen LogP contribution in [0.5, 0.6) is 5.75 Å². The molecule has 1 aromatic rings. The van der Waals surface area contributed by atoms with Gasteiger partial charge in [0, 0.05) is 10.1 Å². The number of aromatic nitrogens is 1. The zero-order valence-corrected chi connectivity index (χ0v) is 11.7. The van der Waals surface area contributed by atoms with E-state index in [2.05, 4.69) is 22.9 Å². The van der Waals surface area contributed by atoms with E-state index >= 15 is 0 Å². The molecule has 1 saturated carbocycles. The Morgan fingerprint density at radius 1 is 1.41 bits per heavy atom. The molecule has 1 aliphatic rings. The van der Waals surface area contributed by atoms with Gasteiger partial charge < -0.3 is 4.74 Å². The molecule has 17 heavy (non-hydrogen) atoms. The summed E-state index contributed by atoms with van der Waals surface area (Å²) >= 11 is 3.38. The Labute approximate surface area is 111 Å². The van der Waals surface area contributed by atoms with Crippen molar-refractivity contribution in [3.63, 3.8) is 0 Å². The molecule has 0 saturated heterocycles. The lowest BCUT2D eigenvalue weighted by Gasteiger charge is -2.33. The summed E-state index contributed by atoms with van der Waals surface area (Å²) in [6.07, 6.45) is 9.63. The maximum Gasteiger partial charge on any atom is 0.240 e. The van der Waals surface area contributed by atoms with E-state index < -0.39 is 0 Å². The number of hydrogen-bond donors (Lipinski definition) is 1. The number of rotatable bonds is 3. The summed E-state index contributed by atoms with van der Waals surface area (Å²) < 4.78 is 7.66. The number of nitrogens with zero attached hydrogens (tertiary/aromatic N) is 1. The number of pyridine rings is 1. The van der Waals surface area contributed by atoms with Gasteiger partial charge in [0.15, 0.2) is 0 Å². The smallest absolute Gasteiger partial charge is 0.240 e. The highest BCUT2D eigenvalue weighted by atomic mass is 79.9. The highest BCUT2D eigenvalue weighted by Gasteiger charge is 2.28. The largest absolute Gasteiger partial charge is 0.491 e. The number of ether oxygens (including phenoxy) is 1. The second-order valence-electron chi connectivity index (χ2n) is 5.20. The van der Waals surface area contributed by atoms with E-state index in [1.54, 1.807) is 18.5 Å². The van der Waals surface area contributed by atoms with Crippen LogP contribution in [0.4, 0.5) is 0 Å². The predicted molar refractivity (Wildman–Crippen MR) is 68.2 cm³/mol. The van der Waals surface area contributed by atoms with Crippen LogP contribution >= 0.6 is 15.9 Å². The lowest BCUT2D eigenvalue weighted by Crippen LogP contribution is -2.30. The van der Waals surface area contributed by atoms with E-state index in [9.17, 15) is 5.21 Å². The monoisotopic (exact) mass is 300 g/mol. The predicted octanol–water partition coefficient (Wildman–Crippen LogP) is 3.32. The minimum Gasteiger partial charge on any atom is -0.491 e. The maximum atomic E-state index is 9.24. The number of hydrogen-bond acceptors (Lipinski definition) is 2. The third-order valence-corrected chi connectivity index (χ3v) is 4.09. The van der Waals surface area contributed by atoms with Gasteiger partial charge in [-0.25, -0.2) is 0 Å². The Morgan fingerprint density at radius 3 is 2.76 bits per heavy atom. The normalized spacial score (nSPS) is 18.9. The molecule has 2 rings (SSSR count). The van der Waals surface area contributed by atoms with Gasteiger partial charge in [0.2, 0.25) is 12.4 Å². The molecule has 1 aromatic heterocycles. The quantitative estimate of drug-likeness (QED) is 0.686. The van der Waals surface area contributed by atoms with Crippen LogP contribution in [0.1, 0.15) is 39.0 Å². The van der Waals surface area contributed by atoms with Crippen LogP contribution in [0.2, 0.25) is 0 Å². The average molecular weight is 301 g/mol. The molecule has 0 bridgehead atoms. The van der Waals surface area contributed by atoms with Gasteiger partial charge in [-0.15, -0.1) is 0 Å². The standard InChI is InChI=1S/C13H19BrNO2/c1-13(6-3-2-4-7-13)10-17-12-5-8-15(16)9-11(12)14/h5,8-9,16H,2-4,6-7,10H2,1H3/q+1. The van der Waals surface area contributed by atoms with E-state index in [-0.39, 0.29) is 0 Å². The minimum absolute atomic E-state index is 0.308. The summed E-state index contributed by atoms with van der Waals surface area (Å²) in [4.78, 5) is 0. The van der Waals surface area contributed by atoms with Crippen molar-refractivity contribution in [3.8, 4) is 5.75 Å². The summed E-state index contributed by atoms with van der Waals surface area (Å²) in [5, 5.41) is 9.24. The first-order chi connectivity index (χ1) is 8.09. The Hall–Kier alpha value is -0.770. The molecule has 0 atom stereocenters. The molecule has 0 unspecified atom stereocenters. The van der Waals surface area contributed by atoms with Gasteiger partial charge in [0.1, 0.15) is 10.2 Å². The lowest BCUT2D eigenvalue weighted by molar-refractivity contribution is -0.905. The second kappa shape index (κ2) is 5.25. The van der Waals surface area contributed by atoms with Gasteiger partial charge in [0.05, 0.1) is 12.7 Å². The second-order valence-corrected chi connectivity index (χ2v) is 6.05. The van der Waals surface area contributed by atoms with Crippen LogP contribution in [-0.2, 0) is 0 Å². The van der Waals surface area contributed by atoms with Crippen LogP contribution in [0, 0.1) is 5.41 Å². The van der Waals surface area contributed by atoms with Crippen molar-refractivity contribution < 1.29 is 14.7 Å². The fraction of sp³-hybridized carbons (Fsp3) is 0.615. The topological polar surface area (TPSA) is 33.3 Å². The Kier molecular flexibility index (Phi) is 3.92. The summed E-state index contributed by atoms with van der Waals surface area (Å²) in [6, 6.07) is 1.77. The zero-order valence-electron chi connectivity index (χ0n) is 10.2. The molecule has 1 N–H and O–H groups in total. The van der Waals surface area contributed by atoms with Gasteiger partial charge in [-0.3, -0.25) is 5.21 Å². The van der Waals surface area contributed by atoms with Crippen LogP contribution in [0.3, 0.4) is 0 Å². The zero-order chi connectivity index (χ0) is 12.3. The summed E-state index contributed by atoms with van der Waals surface area (Å²) in [5.41, 5.74) is 0.308. The fourth-order valence-electron chi connectivity index (χ4n) is 2.37. The first-order valence-corrected chi connectivity index (χ1v) is 6.91. The maximum absolute atomic E-state index is 9.24. The van der Waals surface area contributed by atoms with Crippen LogP contribution in [-0.4, -0.2) is 11.8 Å². The first kappa shape index (κ1) is 12.7. The highest BCUT2D eigenvalue weighted by Crippen LogP contribution is 2.36. The summed E-state index contributed by atoms with van der Waals surface area (Å²) in [7, 11) is 0. The van der Waals surface area contributed by atoms with Gasteiger partial charge in [-0.05, 0) is 28.8 Å². The lowest BCUT2D eigenvalue weighted by atomic mass is 9.76. The van der Waals surface area contributed by atoms with Gasteiger partial charge in [0.25, 0.3) is 0 Å². The van der Waals surface area contributed by atoms with Crippen LogP contribution in [0.25, 0.3) is 0 Å². The highest BCUT2D eigenvalue weighted by molar-refractivity contribution is 9.10. The Balaban J connectivity index is 1.97. The molecule has 0 spiro atoms. The van der Waals surface area contributed by atoms with Gasteiger partial charge in [-0.2, -0.15) is 0 Å². The molecule has 94 valence electrons. The van der Waals surface area contributed by atoms with Crippen molar-refractivity contribution in [1.82, 2.24) is 0 Å². The van der Waals surface area contributed by atoms with Gasteiger partial charge in [-0.1, -0.05) is 26.2 Å². The molecular weight excluding hydrogens is 282 g/mol. The SMILES string of the molecule is CC1(COc2cc[n+](O)cc2Br)CCCCC1. The van der Waals surface area contributed by atoms with Crippen molar-refractivity contribution in [2.75, 3.05) is 6.61 Å². The van der Waals surface area contributed by atoms with Crippen molar-refractivity contribution in [2.45, 2.75) is 39.0 Å². The van der Waals surface area contributed by atoms with E-state index in [4.69, 9.17) is 4.74 Å². The van der Waals surface area contributed by atoms with Crippen molar-refractivity contribution in [2.24, 2.45) is 5.41 Å². The first-order valence-electron chi connectivity index (χ1n) is 6.12. The van der Waals surface area contributed by atoms with Gasteiger partial charge >= 0.3 is 0 Å². The molecule has 3 nitrogen and oxygen atoms in total. The van der Waals surface area contributed by atoms with Crippen LogP contribution < -0.4 is 9.47 Å². The van der Waals surface area contributed by atoms with E-state index in [0.29, 0.717) is 5.41 Å². The third kappa shape index (κ3) is 3.35. The molecule has 0 aliphatic heterocycles. The molecule has 0 amide bonds. The molecule has 4 heteroatoms. The van der Waals surface area contributed by atoms with Crippen molar-refractivity contribution in [3.05, 3.63) is 22.9 Å². The fourth-order valence-corrected chi connectivity index (χ4v) is 2.82.